The molecular formula is C16H21N5O. The van der Waals surface area contributed by atoms with E-state index < -0.39 is 0 Å². The van der Waals surface area contributed by atoms with E-state index in [0.717, 1.165) is 44.0 Å². The minimum absolute atomic E-state index is 0.126. The molecule has 0 bridgehead atoms. The normalized spacial score (nSPS) is 22.8. The summed E-state index contributed by atoms with van der Waals surface area (Å²) in [6.45, 7) is 4.15. The molecule has 6 nitrogen and oxygen atoms in total. The highest BCUT2D eigenvalue weighted by Gasteiger charge is 2.44. The van der Waals surface area contributed by atoms with Crippen LogP contribution in [0.4, 0.5) is 5.95 Å². The second-order valence-electron chi connectivity index (χ2n) is 6.56. The molecule has 0 spiro atoms. The van der Waals surface area contributed by atoms with Gasteiger partial charge in [-0.05, 0) is 48.2 Å². The fraction of sp³-hybridized carbons (Fsp3) is 0.562. The van der Waals surface area contributed by atoms with Crippen LogP contribution in [-0.2, 0) is 5.54 Å². The summed E-state index contributed by atoms with van der Waals surface area (Å²) < 4.78 is 7.52. The summed E-state index contributed by atoms with van der Waals surface area (Å²) in [6.07, 6.45) is 3.42. The molecule has 1 atom stereocenters. The van der Waals surface area contributed by atoms with Crippen molar-refractivity contribution < 1.29 is 4.74 Å². The summed E-state index contributed by atoms with van der Waals surface area (Å²) in [6, 6.07) is 8.30. The molecule has 1 aliphatic heterocycles. The lowest BCUT2D eigenvalue weighted by Crippen LogP contribution is -2.27. The highest BCUT2D eigenvalue weighted by molar-refractivity contribution is 5.41. The van der Waals surface area contributed by atoms with Gasteiger partial charge in [-0.2, -0.15) is 0 Å². The highest BCUT2D eigenvalue weighted by atomic mass is 16.5. The molecule has 22 heavy (non-hydrogen) atoms. The zero-order valence-electron chi connectivity index (χ0n) is 13.1. The van der Waals surface area contributed by atoms with Crippen molar-refractivity contribution in [3.63, 3.8) is 0 Å². The first-order valence-electron chi connectivity index (χ1n) is 7.88. The Balaban J connectivity index is 1.57. The molecular weight excluding hydrogens is 278 g/mol. The maximum atomic E-state index is 5.51. The Hall–Kier alpha value is -2.11. The van der Waals surface area contributed by atoms with Crippen molar-refractivity contribution in [2.24, 2.45) is 0 Å². The predicted molar refractivity (Wildman–Crippen MR) is 83.3 cm³/mol. The molecule has 6 heteroatoms. The number of hydrogen-bond donors (Lipinski definition) is 0. The molecule has 0 radical (unpaired) electrons. The standard InChI is InChI=1S/C16H21N5O/c1-16(8-9-16)21-15(17-18-19-21)20-10-7-12(11-20)13-5-3-4-6-14(13)22-2/h3-6,12H,7-11H2,1-2H3. The number of ether oxygens (including phenoxy) is 1. The number of benzene rings is 1. The number of rotatable bonds is 4. The molecule has 0 amide bonds. The predicted octanol–water partition coefficient (Wildman–Crippen LogP) is 2.18. The summed E-state index contributed by atoms with van der Waals surface area (Å²) in [7, 11) is 1.74. The Kier molecular flexibility index (Phi) is 3.06. The number of methoxy groups -OCH3 is 1. The van der Waals surface area contributed by atoms with E-state index in [0.29, 0.717) is 5.92 Å². The first-order chi connectivity index (χ1) is 10.7. The van der Waals surface area contributed by atoms with Crippen molar-refractivity contribution in [2.45, 2.75) is 37.6 Å². The van der Waals surface area contributed by atoms with E-state index in [4.69, 9.17) is 4.74 Å². The second-order valence-corrected chi connectivity index (χ2v) is 6.56. The molecule has 1 aromatic heterocycles. The van der Waals surface area contributed by atoms with Crippen molar-refractivity contribution in [3.8, 4) is 5.75 Å². The topological polar surface area (TPSA) is 56.1 Å². The molecule has 1 unspecified atom stereocenters. The van der Waals surface area contributed by atoms with Gasteiger partial charge in [-0.1, -0.05) is 23.3 Å². The molecule has 1 aromatic carbocycles. The van der Waals surface area contributed by atoms with Gasteiger partial charge < -0.3 is 9.64 Å². The number of aromatic nitrogens is 4. The summed E-state index contributed by atoms with van der Waals surface area (Å²) >= 11 is 0. The lowest BCUT2D eigenvalue weighted by Gasteiger charge is -2.20. The van der Waals surface area contributed by atoms with Crippen LogP contribution in [0.5, 0.6) is 5.75 Å². The van der Waals surface area contributed by atoms with E-state index in [9.17, 15) is 0 Å². The number of hydrogen-bond acceptors (Lipinski definition) is 5. The van der Waals surface area contributed by atoms with Crippen molar-refractivity contribution in [2.75, 3.05) is 25.1 Å². The van der Waals surface area contributed by atoms with Crippen LogP contribution < -0.4 is 9.64 Å². The zero-order chi connectivity index (χ0) is 15.2. The monoisotopic (exact) mass is 299 g/mol. The van der Waals surface area contributed by atoms with Gasteiger partial charge in [0.05, 0.1) is 12.6 Å². The maximum Gasteiger partial charge on any atom is 0.246 e. The molecule has 1 aliphatic carbocycles. The average Bonchev–Trinajstić information content (AvgIpc) is 3.01. The fourth-order valence-electron chi connectivity index (χ4n) is 3.32. The summed E-state index contributed by atoms with van der Waals surface area (Å²) in [5.74, 6) is 2.36. The van der Waals surface area contributed by atoms with Gasteiger partial charge in [0, 0.05) is 19.0 Å². The third kappa shape index (κ3) is 2.14. The summed E-state index contributed by atoms with van der Waals surface area (Å²) in [4.78, 5) is 2.31. The highest BCUT2D eigenvalue weighted by Crippen LogP contribution is 2.44. The third-order valence-corrected chi connectivity index (χ3v) is 4.99. The van der Waals surface area contributed by atoms with Crippen molar-refractivity contribution in [3.05, 3.63) is 29.8 Å². The Labute approximate surface area is 130 Å². The molecule has 4 rings (SSSR count). The molecule has 1 saturated heterocycles. The molecule has 2 aliphatic rings. The van der Waals surface area contributed by atoms with E-state index in [1.165, 1.54) is 5.56 Å². The van der Waals surface area contributed by atoms with Crippen LogP contribution in [0.1, 0.15) is 37.7 Å². The molecule has 2 heterocycles. The Bertz CT molecular complexity index is 679. The summed E-state index contributed by atoms with van der Waals surface area (Å²) in [5.41, 5.74) is 1.41. The van der Waals surface area contributed by atoms with Crippen LogP contribution in [0.25, 0.3) is 0 Å². The smallest absolute Gasteiger partial charge is 0.246 e. The molecule has 2 aromatic rings. The first kappa shape index (κ1) is 13.5. The Morgan fingerprint density at radius 1 is 1.27 bits per heavy atom. The Morgan fingerprint density at radius 3 is 2.86 bits per heavy atom. The lowest BCUT2D eigenvalue weighted by molar-refractivity contribution is 0.406. The molecule has 116 valence electrons. The van der Waals surface area contributed by atoms with Crippen LogP contribution in [0, 0.1) is 0 Å². The van der Waals surface area contributed by atoms with Gasteiger partial charge in [0.1, 0.15) is 5.75 Å². The number of para-hydroxylation sites is 1. The number of tetrazole rings is 1. The van der Waals surface area contributed by atoms with Crippen molar-refractivity contribution in [1.29, 1.82) is 0 Å². The maximum absolute atomic E-state index is 5.51. The van der Waals surface area contributed by atoms with E-state index >= 15 is 0 Å². The third-order valence-electron chi connectivity index (χ3n) is 4.99. The SMILES string of the molecule is COc1ccccc1C1CCN(c2nnnn2C2(C)CC2)C1. The van der Waals surface area contributed by atoms with E-state index in [1.54, 1.807) is 7.11 Å². The second kappa shape index (κ2) is 4.97. The van der Waals surface area contributed by atoms with Gasteiger partial charge in [0.25, 0.3) is 0 Å². The Morgan fingerprint density at radius 2 is 2.09 bits per heavy atom. The zero-order valence-corrected chi connectivity index (χ0v) is 13.1. The molecule has 1 saturated carbocycles. The van der Waals surface area contributed by atoms with Gasteiger partial charge >= 0.3 is 0 Å². The molecule has 0 N–H and O–H groups in total. The van der Waals surface area contributed by atoms with Crippen LogP contribution in [0.3, 0.4) is 0 Å². The van der Waals surface area contributed by atoms with Gasteiger partial charge in [0.2, 0.25) is 5.95 Å². The largest absolute Gasteiger partial charge is 0.496 e. The lowest BCUT2D eigenvalue weighted by atomic mass is 9.97. The van der Waals surface area contributed by atoms with E-state index in [2.05, 4.69) is 39.5 Å². The van der Waals surface area contributed by atoms with Crippen LogP contribution in [-0.4, -0.2) is 40.4 Å². The van der Waals surface area contributed by atoms with Crippen molar-refractivity contribution >= 4 is 5.95 Å². The van der Waals surface area contributed by atoms with Crippen LogP contribution in [0.2, 0.25) is 0 Å². The molecule has 2 fully saturated rings. The average molecular weight is 299 g/mol. The quantitative estimate of drug-likeness (QED) is 0.866. The van der Waals surface area contributed by atoms with Gasteiger partial charge in [-0.3, -0.25) is 0 Å². The van der Waals surface area contributed by atoms with E-state index in [-0.39, 0.29) is 5.54 Å². The van der Waals surface area contributed by atoms with Gasteiger partial charge in [-0.25, -0.2) is 4.68 Å². The van der Waals surface area contributed by atoms with Crippen LogP contribution in [0.15, 0.2) is 24.3 Å². The number of nitrogens with zero attached hydrogens (tertiary/aromatic N) is 5. The number of anilines is 1. The van der Waals surface area contributed by atoms with Crippen molar-refractivity contribution in [1.82, 2.24) is 20.2 Å². The van der Waals surface area contributed by atoms with Crippen LogP contribution >= 0.6 is 0 Å². The minimum Gasteiger partial charge on any atom is -0.496 e. The van der Waals surface area contributed by atoms with Gasteiger partial charge in [0.15, 0.2) is 0 Å². The van der Waals surface area contributed by atoms with E-state index in [1.807, 2.05) is 16.8 Å². The first-order valence-corrected chi connectivity index (χ1v) is 7.88. The summed E-state index contributed by atoms with van der Waals surface area (Å²) in [5, 5.41) is 12.4. The minimum atomic E-state index is 0.126. The fourth-order valence-corrected chi connectivity index (χ4v) is 3.32. The van der Waals surface area contributed by atoms with Gasteiger partial charge in [-0.15, -0.1) is 0 Å².